The van der Waals surface area contributed by atoms with Crippen LogP contribution in [-0.4, -0.2) is 25.1 Å². The van der Waals surface area contributed by atoms with Gasteiger partial charge in [-0.15, -0.1) is 0 Å². The fourth-order valence-electron chi connectivity index (χ4n) is 2.77. The summed E-state index contributed by atoms with van der Waals surface area (Å²) < 4.78 is 10.5. The Hall–Kier alpha value is -3.28. The first kappa shape index (κ1) is 17.5. The van der Waals surface area contributed by atoms with E-state index in [1.807, 2.05) is 24.3 Å². The van der Waals surface area contributed by atoms with E-state index in [1.54, 1.807) is 39.3 Å². The Kier molecular flexibility index (Phi) is 4.93. The van der Waals surface area contributed by atoms with Crippen LogP contribution in [0.2, 0.25) is 0 Å². The molecule has 3 aromatic rings. The number of ether oxygens (including phenoxy) is 2. The largest absolute Gasteiger partial charge is 0.493 e. The molecule has 0 aliphatic heterocycles. The molecule has 2 aromatic carbocycles. The van der Waals surface area contributed by atoms with E-state index in [4.69, 9.17) is 9.47 Å². The number of fused-ring (bicyclic) bond motifs is 1. The number of amides is 1. The molecule has 0 spiro atoms. The maximum Gasteiger partial charge on any atom is 0.251 e. The molecule has 2 N–H and O–H groups in total. The Morgan fingerprint density at radius 3 is 2.54 bits per heavy atom. The molecule has 0 radical (unpaired) electrons. The lowest BCUT2D eigenvalue weighted by atomic mass is 10.1. The van der Waals surface area contributed by atoms with Crippen molar-refractivity contribution in [2.45, 2.75) is 13.3 Å². The number of methoxy groups -OCH3 is 2. The maximum atomic E-state index is 12.3. The van der Waals surface area contributed by atoms with E-state index < -0.39 is 0 Å². The number of aromatic amines is 1. The first-order chi connectivity index (χ1) is 12.5. The van der Waals surface area contributed by atoms with E-state index in [0.717, 1.165) is 10.9 Å². The molecule has 0 saturated heterocycles. The van der Waals surface area contributed by atoms with Crippen LogP contribution < -0.4 is 20.3 Å². The predicted octanol–water partition coefficient (Wildman–Crippen LogP) is 3.03. The number of hydrogen-bond donors (Lipinski definition) is 2. The minimum atomic E-state index is -0.161. The minimum absolute atomic E-state index is 0.133. The van der Waals surface area contributed by atoms with Gasteiger partial charge in [0, 0.05) is 11.3 Å². The smallest absolute Gasteiger partial charge is 0.251 e. The summed E-state index contributed by atoms with van der Waals surface area (Å²) in [6.07, 6.45) is 0.197. The summed E-state index contributed by atoms with van der Waals surface area (Å²) in [5.41, 5.74) is 2.64. The van der Waals surface area contributed by atoms with E-state index in [-0.39, 0.29) is 17.9 Å². The van der Waals surface area contributed by atoms with Gasteiger partial charge in [-0.05, 0) is 48.2 Å². The molecular formula is C20H20N2O4. The van der Waals surface area contributed by atoms with Crippen LogP contribution in [0.3, 0.4) is 0 Å². The van der Waals surface area contributed by atoms with Crippen LogP contribution in [0.5, 0.6) is 11.5 Å². The summed E-state index contributed by atoms with van der Waals surface area (Å²) >= 11 is 0. The number of anilines is 1. The first-order valence-corrected chi connectivity index (χ1v) is 8.14. The molecule has 0 aliphatic rings. The average Bonchev–Trinajstić information content (AvgIpc) is 2.62. The van der Waals surface area contributed by atoms with E-state index >= 15 is 0 Å². The summed E-state index contributed by atoms with van der Waals surface area (Å²) in [5.74, 6) is 1.04. The fourth-order valence-corrected chi connectivity index (χ4v) is 2.77. The minimum Gasteiger partial charge on any atom is -0.493 e. The third-order valence-corrected chi connectivity index (χ3v) is 4.13. The van der Waals surface area contributed by atoms with Crippen molar-refractivity contribution in [1.82, 2.24) is 4.98 Å². The molecule has 0 saturated carbocycles. The molecule has 134 valence electrons. The van der Waals surface area contributed by atoms with Gasteiger partial charge in [-0.2, -0.15) is 0 Å². The molecule has 0 unspecified atom stereocenters. The third-order valence-electron chi connectivity index (χ3n) is 4.13. The van der Waals surface area contributed by atoms with Crippen molar-refractivity contribution in [3.8, 4) is 11.5 Å². The van der Waals surface area contributed by atoms with Crippen molar-refractivity contribution in [2.75, 3.05) is 19.5 Å². The number of carbonyl (C=O) groups excluding carboxylic acids is 1. The topological polar surface area (TPSA) is 80.4 Å². The second-order valence-corrected chi connectivity index (χ2v) is 6.00. The van der Waals surface area contributed by atoms with Gasteiger partial charge in [-0.25, -0.2) is 0 Å². The van der Waals surface area contributed by atoms with Crippen molar-refractivity contribution in [1.29, 1.82) is 0 Å². The summed E-state index contributed by atoms with van der Waals surface area (Å²) in [5, 5.41) is 3.77. The molecule has 0 bridgehead atoms. The number of carbonyl (C=O) groups is 1. The van der Waals surface area contributed by atoms with Crippen molar-refractivity contribution in [3.05, 3.63) is 63.9 Å². The second kappa shape index (κ2) is 7.31. The van der Waals surface area contributed by atoms with Crippen molar-refractivity contribution < 1.29 is 14.3 Å². The summed E-state index contributed by atoms with van der Waals surface area (Å²) in [4.78, 5) is 26.9. The molecule has 0 aliphatic carbocycles. The number of hydrogen-bond acceptors (Lipinski definition) is 4. The number of H-pyrrole nitrogens is 1. The highest BCUT2D eigenvalue weighted by Crippen LogP contribution is 2.27. The number of aromatic nitrogens is 1. The van der Waals surface area contributed by atoms with Crippen LogP contribution in [0.15, 0.2) is 47.3 Å². The maximum absolute atomic E-state index is 12.3. The Labute approximate surface area is 150 Å². The highest BCUT2D eigenvalue weighted by Gasteiger charge is 2.09. The molecule has 6 heteroatoms. The summed E-state index contributed by atoms with van der Waals surface area (Å²) in [6.45, 7) is 1.76. The number of benzene rings is 2. The van der Waals surface area contributed by atoms with E-state index in [9.17, 15) is 9.59 Å². The molecule has 0 atom stereocenters. The Bertz CT molecular complexity index is 1020. The quantitative estimate of drug-likeness (QED) is 0.740. The van der Waals surface area contributed by atoms with Gasteiger partial charge in [0.05, 0.1) is 26.2 Å². The predicted molar refractivity (Wildman–Crippen MR) is 101 cm³/mol. The van der Waals surface area contributed by atoms with Gasteiger partial charge in [-0.1, -0.05) is 12.1 Å². The number of aryl methyl sites for hydroxylation is 1. The molecule has 3 rings (SSSR count). The standard InChI is InChI=1S/C20H20N2O4/c1-12-8-14-5-6-15(11-16(14)22-20(12)24)21-19(23)10-13-4-7-17(25-2)18(9-13)26-3/h4-9,11H,10H2,1-3H3,(H,21,23)(H,22,24). The van der Waals surface area contributed by atoms with Gasteiger partial charge in [0.1, 0.15) is 0 Å². The number of nitrogens with one attached hydrogen (secondary N) is 2. The summed E-state index contributed by atoms with van der Waals surface area (Å²) in [6, 6.07) is 12.6. The van der Waals surface area contributed by atoms with Gasteiger partial charge in [-0.3, -0.25) is 9.59 Å². The zero-order valence-corrected chi connectivity index (χ0v) is 14.9. The number of rotatable bonds is 5. The fraction of sp³-hybridized carbons (Fsp3) is 0.200. The van der Waals surface area contributed by atoms with Crippen LogP contribution in [0, 0.1) is 6.92 Å². The zero-order chi connectivity index (χ0) is 18.7. The highest BCUT2D eigenvalue weighted by molar-refractivity contribution is 5.94. The van der Waals surface area contributed by atoms with Crippen molar-refractivity contribution in [3.63, 3.8) is 0 Å². The Balaban J connectivity index is 1.76. The van der Waals surface area contributed by atoms with E-state index in [2.05, 4.69) is 10.3 Å². The van der Waals surface area contributed by atoms with Gasteiger partial charge in [0.25, 0.3) is 5.56 Å². The lowest BCUT2D eigenvalue weighted by Gasteiger charge is -2.10. The Morgan fingerprint density at radius 1 is 1.04 bits per heavy atom. The lowest BCUT2D eigenvalue weighted by molar-refractivity contribution is -0.115. The van der Waals surface area contributed by atoms with Crippen LogP contribution >= 0.6 is 0 Å². The molecule has 1 heterocycles. The van der Waals surface area contributed by atoms with E-state index in [1.165, 1.54) is 0 Å². The highest BCUT2D eigenvalue weighted by atomic mass is 16.5. The lowest BCUT2D eigenvalue weighted by Crippen LogP contribution is -2.15. The molecule has 26 heavy (non-hydrogen) atoms. The van der Waals surface area contributed by atoms with E-state index in [0.29, 0.717) is 28.3 Å². The van der Waals surface area contributed by atoms with Crippen molar-refractivity contribution in [2.24, 2.45) is 0 Å². The van der Waals surface area contributed by atoms with Gasteiger partial charge < -0.3 is 19.8 Å². The van der Waals surface area contributed by atoms with Gasteiger partial charge in [0.15, 0.2) is 11.5 Å². The third kappa shape index (κ3) is 3.69. The molecular weight excluding hydrogens is 332 g/mol. The normalized spacial score (nSPS) is 10.6. The first-order valence-electron chi connectivity index (χ1n) is 8.14. The number of pyridine rings is 1. The molecule has 6 nitrogen and oxygen atoms in total. The Morgan fingerprint density at radius 2 is 1.81 bits per heavy atom. The average molecular weight is 352 g/mol. The summed E-state index contributed by atoms with van der Waals surface area (Å²) in [7, 11) is 3.12. The molecule has 0 fully saturated rings. The molecule has 1 aromatic heterocycles. The zero-order valence-electron chi connectivity index (χ0n) is 14.9. The SMILES string of the molecule is COc1ccc(CC(=O)Nc2ccc3cc(C)c(=O)[nH]c3c2)cc1OC. The van der Waals surface area contributed by atoms with Gasteiger partial charge >= 0.3 is 0 Å². The van der Waals surface area contributed by atoms with Gasteiger partial charge in [0.2, 0.25) is 5.91 Å². The van der Waals surface area contributed by atoms with Crippen LogP contribution in [0.25, 0.3) is 10.9 Å². The van der Waals surface area contributed by atoms with Crippen LogP contribution in [-0.2, 0) is 11.2 Å². The van der Waals surface area contributed by atoms with Crippen molar-refractivity contribution >= 4 is 22.5 Å². The monoisotopic (exact) mass is 352 g/mol. The molecule has 1 amide bonds. The van der Waals surface area contributed by atoms with Crippen LogP contribution in [0.1, 0.15) is 11.1 Å². The second-order valence-electron chi connectivity index (χ2n) is 6.00. The van der Waals surface area contributed by atoms with Crippen LogP contribution in [0.4, 0.5) is 5.69 Å².